The summed E-state index contributed by atoms with van der Waals surface area (Å²) >= 11 is 0. The molecule has 0 aliphatic carbocycles. The first-order valence-corrected chi connectivity index (χ1v) is 6.10. The Labute approximate surface area is 115 Å². The number of likely N-dealkylation sites (tertiary alicyclic amines) is 1. The second kappa shape index (κ2) is 5.49. The van der Waals surface area contributed by atoms with Gasteiger partial charge in [-0.25, -0.2) is 4.79 Å². The van der Waals surface area contributed by atoms with Crippen LogP contribution in [0, 0.1) is 5.92 Å². The number of alkyl halides is 3. The molecule has 8 heteroatoms. The molecule has 1 aliphatic rings. The number of carbonyl (C=O) groups is 2. The number of rotatable bonds is 1. The normalized spacial score (nSPS) is 23.6. The van der Waals surface area contributed by atoms with E-state index >= 15 is 0 Å². The smallest absolute Gasteiger partial charge is 0.410 e. The second-order valence-corrected chi connectivity index (χ2v) is 5.65. The Hall–Kier alpha value is -1.47. The molecule has 0 radical (unpaired) electrons. The Bertz CT molecular complexity index is 389. The minimum Gasteiger partial charge on any atom is -0.469 e. The van der Waals surface area contributed by atoms with Crippen molar-refractivity contribution in [2.45, 2.75) is 45.0 Å². The van der Waals surface area contributed by atoms with Crippen molar-refractivity contribution < 1.29 is 32.2 Å². The Balaban J connectivity index is 2.90. The molecule has 1 amide bonds. The molecule has 1 rings (SSSR count). The van der Waals surface area contributed by atoms with Gasteiger partial charge in [0.1, 0.15) is 11.6 Å². The summed E-state index contributed by atoms with van der Waals surface area (Å²) in [6.07, 6.45) is -6.19. The van der Waals surface area contributed by atoms with Gasteiger partial charge in [-0.05, 0) is 27.2 Å². The molecule has 2 atom stereocenters. The summed E-state index contributed by atoms with van der Waals surface area (Å²) in [4.78, 5) is 23.7. The quantitative estimate of drug-likeness (QED) is 0.697. The molecule has 1 saturated heterocycles. The molecule has 116 valence electrons. The van der Waals surface area contributed by atoms with Crippen LogP contribution in [-0.4, -0.2) is 48.4 Å². The van der Waals surface area contributed by atoms with E-state index in [1.54, 1.807) is 20.8 Å². The Morgan fingerprint density at radius 2 is 1.75 bits per heavy atom. The molecule has 0 spiro atoms. The van der Waals surface area contributed by atoms with Crippen LogP contribution < -0.4 is 0 Å². The fourth-order valence-corrected chi connectivity index (χ4v) is 2.01. The van der Waals surface area contributed by atoms with Gasteiger partial charge < -0.3 is 9.47 Å². The van der Waals surface area contributed by atoms with Crippen LogP contribution in [0.4, 0.5) is 18.0 Å². The molecule has 0 aromatic heterocycles. The SMILES string of the molecule is COC(=O)C1CC(C(F)(F)F)N(C(=O)OC(C)(C)C)C1. The van der Waals surface area contributed by atoms with E-state index < -0.39 is 42.2 Å². The maximum atomic E-state index is 12.9. The van der Waals surface area contributed by atoms with Crippen molar-refractivity contribution in [2.24, 2.45) is 5.92 Å². The number of halogens is 3. The minimum absolute atomic E-state index is 0.355. The van der Waals surface area contributed by atoms with Crippen molar-refractivity contribution in [3.8, 4) is 0 Å². The summed E-state index contributed by atoms with van der Waals surface area (Å²) in [5, 5.41) is 0. The van der Waals surface area contributed by atoms with E-state index in [2.05, 4.69) is 4.74 Å². The summed E-state index contributed by atoms with van der Waals surface area (Å²) in [6, 6.07) is -2.03. The number of carbonyl (C=O) groups excluding carboxylic acids is 2. The zero-order chi connectivity index (χ0) is 15.7. The van der Waals surface area contributed by atoms with Crippen molar-refractivity contribution >= 4 is 12.1 Å². The van der Waals surface area contributed by atoms with Crippen LogP contribution in [0.5, 0.6) is 0 Å². The lowest BCUT2D eigenvalue weighted by molar-refractivity contribution is -0.173. The highest BCUT2D eigenvalue weighted by atomic mass is 19.4. The van der Waals surface area contributed by atoms with E-state index in [1.807, 2.05) is 0 Å². The van der Waals surface area contributed by atoms with Gasteiger partial charge >= 0.3 is 18.2 Å². The summed E-state index contributed by atoms with van der Waals surface area (Å²) in [7, 11) is 1.10. The van der Waals surface area contributed by atoms with Crippen molar-refractivity contribution in [3.05, 3.63) is 0 Å². The van der Waals surface area contributed by atoms with Crippen LogP contribution >= 0.6 is 0 Å². The van der Waals surface area contributed by atoms with Gasteiger partial charge in [-0.15, -0.1) is 0 Å². The van der Waals surface area contributed by atoms with Crippen LogP contribution in [0.25, 0.3) is 0 Å². The van der Waals surface area contributed by atoms with Gasteiger partial charge in [0.05, 0.1) is 13.0 Å². The largest absolute Gasteiger partial charge is 0.469 e. The van der Waals surface area contributed by atoms with Crippen LogP contribution in [0.2, 0.25) is 0 Å². The van der Waals surface area contributed by atoms with E-state index in [-0.39, 0.29) is 6.54 Å². The zero-order valence-electron chi connectivity index (χ0n) is 11.8. The fourth-order valence-electron chi connectivity index (χ4n) is 2.01. The molecule has 1 aliphatic heterocycles. The van der Waals surface area contributed by atoms with Gasteiger partial charge in [0.25, 0.3) is 0 Å². The number of hydrogen-bond acceptors (Lipinski definition) is 4. The molecule has 0 saturated carbocycles. The van der Waals surface area contributed by atoms with Gasteiger partial charge in [-0.2, -0.15) is 13.2 Å². The average Bonchev–Trinajstić information content (AvgIpc) is 2.70. The fraction of sp³-hybridized carbons (Fsp3) is 0.833. The monoisotopic (exact) mass is 297 g/mol. The lowest BCUT2D eigenvalue weighted by atomic mass is 10.1. The van der Waals surface area contributed by atoms with E-state index in [1.165, 1.54) is 0 Å². The lowest BCUT2D eigenvalue weighted by Crippen LogP contribution is -2.46. The molecule has 1 fully saturated rings. The third-order valence-corrected chi connectivity index (χ3v) is 2.84. The van der Waals surface area contributed by atoms with Crippen molar-refractivity contribution in [2.75, 3.05) is 13.7 Å². The number of esters is 1. The third kappa shape index (κ3) is 4.01. The van der Waals surface area contributed by atoms with E-state index in [4.69, 9.17) is 4.74 Å². The second-order valence-electron chi connectivity index (χ2n) is 5.65. The van der Waals surface area contributed by atoms with Crippen LogP contribution in [-0.2, 0) is 14.3 Å². The van der Waals surface area contributed by atoms with Crippen LogP contribution in [0.1, 0.15) is 27.2 Å². The van der Waals surface area contributed by atoms with Gasteiger partial charge in [0.2, 0.25) is 0 Å². The van der Waals surface area contributed by atoms with Gasteiger partial charge in [-0.3, -0.25) is 9.69 Å². The summed E-state index contributed by atoms with van der Waals surface area (Å²) in [6.45, 7) is 4.32. The van der Waals surface area contributed by atoms with Gasteiger partial charge in [-0.1, -0.05) is 0 Å². The van der Waals surface area contributed by atoms with Gasteiger partial charge in [0.15, 0.2) is 0 Å². The number of hydrogen-bond donors (Lipinski definition) is 0. The molecule has 0 aromatic rings. The molecule has 0 bridgehead atoms. The highest BCUT2D eigenvalue weighted by Gasteiger charge is 2.53. The summed E-state index contributed by atoms with van der Waals surface area (Å²) < 4.78 is 48.2. The van der Waals surface area contributed by atoms with Crippen molar-refractivity contribution in [3.63, 3.8) is 0 Å². The zero-order valence-corrected chi connectivity index (χ0v) is 11.8. The number of nitrogens with zero attached hydrogens (tertiary/aromatic N) is 1. The average molecular weight is 297 g/mol. The highest BCUT2D eigenvalue weighted by Crippen LogP contribution is 2.36. The molecule has 2 unspecified atom stereocenters. The number of ether oxygens (including phenoxy) is 2. The van der Waals surface area contributed by atoms with E-state index in [0.717, 1.165) is 7.11 Å². The molecule has 5 nitrogen and oxygen atoms in total. The molecule has 0 N–H and O–H groups in total. The maximum Gasteiger partial charge on any atom is 0.410 e. The van der Waals surface area contributed by atoms with E-state index in [9.17, 15) is 22.8 Å². The first kappa shape index (κ1) is 16.6. The Morgan fingerprint density at radius 3 is 2.15 bits per heavy atom. The highest BCUT2D eigenvalue weighted by molar-refractivity contribution is 5.76. The van der Waals surface area contributed by atoms with Crippen molar-refractivity contribution in [1.29, 1.82) is 0 Å². The molecule has 0 aromatic carbocycles. The molecule has 1 heterocycles. The molecule has 20 heavy (non-hydrogen) atoms. The van der Waals surface area contributed by atoms with E-state index in [0.29, 0.717) is 4.90 Å². The maximum absolute atomic E-state index is 12.9. The van der Waals surface area contributed by atoms with Crippen LogP contribution in [0.15, 0.2) is 0 Å². The third-order valence-electron chi connectivity index (χ3n) is 2.84. The minimum atomic E-state index is -4.61. The standard InChI is InChI=1S/C12H18F3NO4/c1-11(2,3)20-10(18)16-6-7(9(17)19-4)5-8(16)12(13,14)15/h7-8H,5-6H2,1-4H3. The number of methoxy groups -OCH3 is 1. The van der Waals surface area contributed by atoms with Crippen molar-refractivity contribution in [1.82, 2.24) is 4.90 Å². The van der Waals surface area contributed by atoms with Gasteiger partial charge in [0, 0.05) is 6.54 Å². The number of amides is 1. The lowest BCUT2D eigenvalue weighted by Gasteiger charge is -2.29. The topological polar surface area (TPSA) is 55.8 Å². The molecular weight excluding hydrogens is 279 g/mol. The predicted molar refractivity (Wildman–Crippen MR) is 62.9 cm³/mol. The first-order valence-electron chi connectivity index (χ1n) is 6.10. The summed E-state index contributed by atoms with van der Waals surface area (Å²) in [5.74, 6) is -1.75. The van der Waals surface area contributed by atoms with Crippen LogP contribution in [0.3, 0.4) is 0 Å². The summed E-state index contributed by atoms with van der Waals surface area (Å²) in [5.41, 5.74) is -0.906. The first-order chi connectivity index (χ1) is 8.95. The molecular formula is C12H18F3NO4. The predicted octanol–water partition coefficient (Wildman–Crippen LogP) is 2.35. The Morgan fingerprint density at radius 1 is 1.20 bits per heavy atom. The Kier molecular flexibility index (Phi) is 4.55.